The zero-order valence-electron chi connectivity index (χ0n) is 19.3. The number of benzene rings is 2. The molecule has 1 N–H and O–H groups in total. The minimum atomic E-state index is -1.27. The van der Waals surface area contributed by atoms with Gasteiger partial charge in [0, 0.05) is 13.1 Å². The van der Waals surface area contributed by atoms with Gasteiger partial charge in [0.15, 0.2) is 11.5 Å². The summed E-state index contributed by atoms with van der Waals surface area (Å²) in [6.07, 6.45) is 2.83. The molecule has 3 aliphatic rings. The monoisotopic (exact) mass is 463 g/mol. The molecule has 2 aromatic carbocycles. The largest absolute Gasteiger partial charge is 0.486 e. The minimum Gasteiger partial charge on any atom is -0.486 e. The van der Waals surface area contributed by atoms with Crippen LogP contribution in [-0.2, 0) is 21.5 Å². The van der Waals surface area contributed by atoms with Crippen molar-refractivity contribution in [2.75, 3.05) is 32.8 Å². The van der Waals surface area contributed by atoms with Gasteiger partial charge in [-0.2, -0.15) is 0 Å². The summed E-state index contributed by atoms with van der Waals surface area (Å²) in [7, 11) is 0. The van der Waals surface area contributed by atoms with Crippen LogP contribution in [0.15, 0.2) is 48.5 Å². The fraction of sp³-hybridized carbons (Fsp3) is 0.423. The number of piperidine rings is 1. The first-order valence-electron chi connectivity index (χ1n) is 11.8. The molecular formula is C26H29N3O5. The molecule has 2 fully saturated rings. The summed E-state index contributed by atoms with van der Waals surface area (Å²) in [6, 6.07) is 15.0. The summed E-state index contributed by atoms with van der Waals surface area (Å²) in [4.78, 5) is 41.7. The van der Waals surface area contributed by atoms with E-state index in [9.17, 15) is 14.4 Å². The van der Waals surface area contributed by atoms with E-state index in [0.717, 1.165) is 24.2 Å². The van der Waals surface area contributed by atoms with Gasteiger partial charge < -0.3 is 19.7 Å². The first-order chi connectivity index (χ1) is 16.4. The number of carbonyl (C=O) groups excluding carboxylic acids is 3. The highest BCUT2D eigenvalue weighted by atomic mass is 16.6. The molecule has 1 atom stereocenters. The van der Waals surface area contributed by atoms with Gasteiger partial charge in [0.1, 0.15) is 25.3 Å². The van der Waals surface area contributed by atoms with Gasteiger partial charge in [0.25, 0.3) is 5.91 Å². The topological polar surface area (TPSA) is 88.2 Å². The number of rotatable bonds is 5. The lowest BCUT2D eigenvalue weighted by Crippen LogP contribution is -2.46. The summed E-state index contributed by atoms with van der Waals surface area (Å²) in [6.45, 7) is 3.57. The number of ether oxygens (including phenoxy) is 2. The Morgan fingerprint density at radius 2 is 1.74 bits per heavy atom. The van der Waals surface area contributed by atoms with Crippen molar-refractivity contribution in [2.45, 2.75) is 31.7 Å². The van der Waals surface area contributed by atoms with Gasteiger partial charge in [0.2, 0.25) is 5.91 Å². The second kappa shape index (κ2) is 9.00. The number of imide groups is 1. The second-order valence-electron chi connectivity index (χ2n) is 9.32. The lowest BCUT2D eigenvalue weighted by atomic mass is 9.90. The van der Waals surface area contributed by atoms with E-state index in [-0.39, 0.29) is 12.5 Å². The fourth-order valence-electron chi connectivity index (χ4n) is 4.96. The second-order valence-corrected chi connectivity index (χ2v) is 9.32. The first kappa shape index (κ1) is 22.3. The molecule has 2 saturated heterocycles. The predicted molar refractivity (Wildman–Crippen MR) is 124 cm³/mol. The van der Waals surface area contributed by atoms with Crippen molar-refractivity contribution in [3.63, 3.8) is 0 Å². The molecule has 8 heteroatoms. The smallest absolute Gasteiger partial charge is 0.325 e. The van der Waals surface area contributed by atoms with Crippen molar-refractivity contribution in [3.8, 4) is 11.5 Å². The van der Waals surface area contributed by atoms with Crippen molar-refractivity contribution in [1.82, 2.24) is 15.1 Å². The molecule has 0 spiro atoms. The van der Waals surface area contributed by atoms with E-state index < -0.39 is 17.5 Å². The first-order valence-corrected chi connectivity index (χ1v) is 11.8. The van der Waals surface area contributed by atoms with Gasteiger partial charge in [-0.3, -0.25) is 14.5 Å². The lowest BCUT2D eigenvalue weighted by Gasteiger charge is -2.33. The Kier molecular flexibility index (Phi) is 5.89. The number of urea groups is 1. The van der Waals surface area contributed by atoms with Crippen LogP contribution in [0.4, 0.5) is 4.79 Å². The number of hydrogen-bond donors (Lipinski definition) is 1. The molecule has 4 amide bonds. The maximum atomic E-state index is 13.3. The maximum absolute atomic E-state index is 13.3. The van der Waals surface area contributed by atoms with E-state index >= 15 is 0 Å². The van der Waals surface area contributed by atoms with E-state index in [1.807, 2.05) is 18.2 Å². The van der Waals surface area contributed by atoms with Crippen molar-refractivity contribution >= 4 is 17.8 Å². The van der Waals surface area contributed by atoms with Crippen molar-refractivity contribution in [1.29, 1.82) is 0 Å². The number of likely N-dealkylation sites (tertiary alicyclic amines) is 1. The van der Waals surface area contributed by atoms with Crippen molar-refractivity contribution < 1.29 is 23.9 Å². The molecule has 0 saturated carbocycles. The van der Waals surface area contributed by atoms with Crippen LogP contribution in [0.3, 0.4) is 0 Å². The Bertz CT molecular complexity index is 1100. The van der Waals surface area contributed by atoms with Gasteiger partial charge in [-0.15, -0.1) is 0 Å². The molecule has 5 rings (SSSR count). The zero-order valence-corrected chi connectivity index (χ0v) is 19.3. The third kappa shape index (κ3) is 4.20. The highest BCUT2D eigenvalue weighted by Gasteiger charge is 2.50. The third-order valence-corrected chi connectivity index (χ3v) is 7.02. The standard InChI is InChI=1S/C26H29N3O5/c1-26(20-7-8-21-22(16-20)34-14-13-33-21)24(31)29(25(32)27-26)17-23(30)28-11-9-19(10-12-28)15-18-5-3-2-4-6-18/h2-8,16,19H,9-15,17H2,1H3,(H,27,32). The Labute approximate surface area is 198 Å². The quantitative estimate of drug-likeness (QED) is 0.689. The van der Waals surface area contributed by atoms with E-state index in [1.165, 1.54) is 5.56 Å². The lowest BCUT2D eigenvalue weighted by molar-refractivity contribution is -0.139. The number of carbonyl (C=O) groups is 3. The number of fused-ring (bicyclic) bond motifs is 1. The predicted octanol–water partition coefficient (Wildman–Crippen LogP) is 2.71. The van der Waals surface area contributed by atoms with Crippen LogP contribution < -0.4 is 14.8 Å². The highest BCUT2D eigenvalue weighted by Crippen LogP contribution is 2.37. The number of hydrogen-bond acceptors (Lipinski definition) is 5. The fourth-order valence-corrected chi connectivity index (χ4v) is 4.96. The molecule has 0 radical (unpaired) electrons. The van der Waals surface area contributed by atoms with Gasteiger partial charge in [-0.25, -0.2) is 4.79 Å². The van der Waals surface area contributed by atoms with Crippen molar-refractivity contribution in [3.05, 3.63) is 59.7 Å². The van der Waals surface area contributed by atoms with Crippen LogP contribution in [0, 0.1) is 5.92 Å². The molecule has 3 aliphatic heterocycles. The van der Waals surface area contributed by atoms with Crippen LogP contribution in [0.2, 0.25) is 0 Å². The number of amides is 4. The van der Waals surface area contributed by atoms with Crippen LogP contribution in [0.1, 0.15) is 30.9 Å². The normalized spacial score (nSPS) is 22.6. The van der Waals surface area contributed by atoms with Crippen LogP contribution in [-0.4, -0.2) is 60.5 Å². The van der Waals surface area contributed by atoms with Crippen molar-refractivity contribution in [2.24, 2.45) is 5.92 Å². The summed E-state index contributed by atoms with van der Waals surface area (Å²) in [5.41, 5.74) is 0.632. The van der Waals surface area contributed by atoms with Crippen LogP contribution in [0.25, 0.3) is 0 Å². The molecule has 178 valence electrons. The Morgan fingerprint density at radius 1 is 1.03 bits per heavy atom. The van der Waals surface area contributed by atoms with Crippen LogP contribution in [0.5, 0.6) is 11.5 Å². The molecule has 3 heterocycles. The Balaban J connectivity index is 1.21. The summed E-state index contributed by atoms with van der Waals surface area (Å²) < 4.78 is 11.2. The Hall–Kier alpha value is -3.55. The van der Waals surface area contributed by atoms with Gasteiger partial charge >= 0.3 is 6.03 Å². The number of nitrogens with zero attached hydrogens (tertiary/aromatic N) is 2. The van der Waals surface area contributed by atoms with Crippen LogP contribution >= 0.6 is 0 Å². The average molecular weight is 464 g/mol. The van der Waals surface area contributed by atoms with Gasteiger partial charge in [-0.1, -0.05) is 36.4 Å². The average Bonchev–Trinajstić information content (AvgIpc) is 3.08. The van der Waals surface area contributed by atoms with E-state index in [2.05, 4.69) is 17.4 Å². The Morgan fingerprint density at radius 3 is 2.47 bits per heavy atom. The molecule has 8 nitrogen and oxygen atoms in total. The van der Waals surface area contributed by atoms with E-state index in [1.54, 1.807) is 30.0 Å². The molecule has 34 heavy (non-hydrogen) atoms. The summed E-state index contributed by atoms with van der Waals surface area (Å²) in [5, 5.41) is 2.77. The van der Waals surface area contributed by atoms with Gasteiger partial charge in [-0.05, 0) is 55.4 Å². The summed E-state index contributed by atoms with van der Waals surface area (Å²) in [5.74, 6) is 1.04. The molecule has 2 aromatic rings. The molecule has 1 unspecified atom stereocenters. The highest BCUT2D eigenvalue weighted by molar-refractivity contribution is 6.09. The molecular weight excluding hydrogens is 434 g/mol. The van der Waals surface area contributed by atoms with Gasteiger partial charge in [0.05, 0.1) is 0 Å². The van der Waals surface area contributed by atoms with E-state index in [0.29, 0.717) is 49.3 Å². The van der Waals surface area contributed by atoms with E-state index in [4.69, 9.17) is 9.47 Å². The molecule has 0 aromatic heterocycles. The molecule has 0 aliphatic carbocycles. The SMILES string of the molecule is CC1(c2ccc3c(c2)OCCO3)NC(=O)N(CC(=O)N2CCC(Cc3ccccc3)CC2)C1=O. The third-order valence-electron chi connectivity index (χ3n) is 7.02. The summed E-state index contributed by atoms with van der Waals surface area (Å²) >= 11 is 0. The molecule has 0 bridgehead atoms. The minimum absolute atomic E-state index is 0.201. The maximum Gasteiger partial charge on any atom is 0.325 e. The number of nitrogens with one attached hydrogen (secondary N) is 1. The zero-order chi connectivity index (χ0) is 23.7.